The van der Waals surface area contributed by atoms with Gasteiger partial charge in [-0.3, -0.25) is 0 Å². The van der Waals surface area contributed by atoms with Crippen molar-refractivity contribution in [2.75, 3.05) is 13.2 Å². The molecule has 2 unspecified atom stereocenters. The normalized spacial score (nSPS) is 24.8. The molecule has 1 saturated heterocycles. The highest BCUT2D eigenvalue weighted by molar-refractivity contribution is 5.14. The highest BCUT2D eigenvalue weighted by Gasteiger charge is 2.18. The van der Waals surface area contributed by atoms with Crippen molar-refractivity contribution in [2.45, 2.75) is 44.8 Å². The predicted molar refractivity (Wildman–Crippen MR) is 71.2 cm³/mol. The van der Waals surface area contributed by atoms with Crippen LogP contribution in [0.3, 0.4) is 0 Å². The summed E-state index contributed by atoms with van der Waals surface area (Å²) in [5, 5.41) is 3.45. The maximum Gasteiger partial charge on any atom is 0.0602 e. The van der Waals surface area contributed by atoms with E-state index in [2.05, 4.69) is 42.6 Å². The Bertz CT molecular complexity index is 312. The maximum atomic E-state index is 5.94. The van der Waals surface area contributed by atoms with Crippen molar-refractivity contribution in [2.24, 2.45) is 0 Å². The molecule has 0 radical (unpaired) electrons. The molecule has 1 fully saturated rings. The van der Waals surface area contributed by atoms with Gasteiger partial charge in [0.2, 0.25) is 0 Å². The Morgan fingerprint density at radius 1 is 1.29 bits per heavy atom. The van der Waals surface area contributed by atoms with E-state index in [-0.39, 0.29) is 0 Å². The van der Waals surface area contributed by atoms with Crippen LogP contribution in [-0.2, 0) is 11.2 Å². The summed E-state index contributed by atoms with van der Waals surface area (Å²) >= 11 is 0. The predicted octanol–water partition coefficient (Wildman–Crippen LogP) is 2.78. The summed E-state index contributed by atoms with van der Waals surface area (Å²) in [6, 6.07) is 11.3. The quantitative estimate of drug-likeness (QED) is 0.790. The largest absolute Gasteiger partial charge is 0.378 e. The lowest BCUT2D eigenvalue weighted by atomic mass is 10.0. The smallest absolute Gasteiger partial charge is 0.0602 e. The molecule has 2 rings (SSSR count). The molecular weight excluding hydrogens is 210 g/mol. The standard InChI is InChI=1S/C15H23NO/c1-13-12-15(9-10-16-13)17-11-5-8-14-6-3-2-4-7-14/h2-4,6-7,13,15-16H,5,8-12H2,1H3. The third kappa shape index (κ3) is 4.49. The van der Waals surface area contributed by atoms with Crippen molar-refractivity contribution in [3.63, 3.8) is 0 Å². The Morgan fingerprint density at radius 3 is 2.88 bits per heavy atom. The summed E-state index contributed by atoms with van der Waals surface area (Å²) in [6.45, 7) is 4.23. The van der Waals surface area contributed by atoms with Crippen LogP contribution in [0, 0.1) is 0 Å². The summed E-state index contributed by atoms with van der Waals surface area (Å²) in [7, 11) is 0. The van der Waals surface area contributed by atoms with Crippen LogP contribution >= 0.6 is 0 Å². The molecule has 0 spiro atoms. The minimum atomic E-state index is 0.474. The monoisotopic (exact) mass is 233 g/mol. The van der Waals surface area contributed by atoms with Gasteiger partial charge in [-0.1, -0.05) is 30.3 Å². The molecule has 2 nitrogen and oxygen atoms in total. The van der Waals surface area contributed by atoms with Crippen LogP contribution in [0.4, 0.5) is 0 Å². The zero-order chi connectivity index (χ0) is 11.9. The average molecular weight is 233 g/mol. The van der Waals surface area contributed by atoms with Gasteiger partial charge in [-0.15, -0.1) is 0 Å². The summed E-state index contributed by atoms with van der Waals surface area (Å²) in [5.74, 6) is 0. The number of aryl methyl sites for hydroxylation is 1. The van der Waals surface area contributed by atoms with E-state index in [1.54, 1.807) is 0 Å². The molecule has 0 bridgehead atoms. The van der Waals surface area contributed by atoms with E-state index in [0.29, 0.717) is 12.1 Å². The first kappa shape index (κ1) is 12.6. The van der Waals surface area contributed by atoms with Gasteiger partial charge in [-0.2, -0.15) is 0 Å². The van der Waals surface area contributed by atoms with Crippen LogP contribution in [0.1, 0.15) is 31.7 Å². The average Bonchev–Trinajstić information content (AvgIpc) is 2.36. The van der Waals surface area contributed by atoms with Crippen LogP contribution in [0.25, 0.3) is 0 Å². The molecule has 1 heterocycles. The number of rotatable bonds is 5. The Morgan fingerprint density at radius 2 is 2.12 bits per heavy atom. The molecule has 1 aliphatic heterocycles. The summed E-state index contributed by atoms with van der Waals surface area (Å²) < 4.78 is 5.94. The molecule has 2 heteroatoms. The topological polar surface area (TPSA) is 21.3 Å². The fraction of sp³-hybridized carbons (Fsp3) is 0.600. The second-order valence-electron chi connectivity index (χ2n) is 4.96. The third-order valence-corrected chi connectivity index (χ3v) is 3.38. The van der Waals surface area contributed by atoms with Crippen molar-refractivity contribution in [3.8, 4) is 0 Å². The fourth-order valence-electron chi connectivity index (χ4n) is 2.41. The van der Waals surface area contributed by atoms with E-state index in [4.69, 9.17) is 4.74 Å². The van der Waals surface area contributed by atoms with Gasteiger partial charge in [0.1, 0.15) is 0 Å². The molecule has 1 aliphatic rings. The molecule has 2 atom stereocenters. The summed E-state index contributed by atoms with van der Waals surface area (Å²) in [6.07, 6.45) is 5.05. The second kappa shape index (κ2) is 6.77. The lowest BCUT2D eigenvalue weighted by molar-refractivity contribution is 0.0228. The van der Waals surface area contributed by atoms with Gasteiger partial charge in [-0.25, -0.2) is 0 Å². The van der Waals surface area contributed by atoms with Crippen LogP contribution in [0.5, 0.6) is 0 Å². The number of nitrogens with one attached hydrogen (secondary N) is 1. The van der Waals surface area contributed by atoms with Crippen LogP contribution in [-0.4, -0.2) is 25.3 Å². The lowest BCUT2D eigenvalue weighted by Crippen LogP contribution is -2.39. The van der Waals surface area contributed by atoms with Crippen LogP contribution < -0.4 is 5.32 Å². The molecule has 1 aromatic carbocycles. The highest BCUT2D eigenvalue weighted by atomic mass is 16.5. The number of ether oxygens (including phenoxy) is 1. The molecular formula is C15H23NO. The Labute approximate surface area is 104 Å². The van der Waals surface area contributed by atoms with Gasteiger partial charge in [0.05, 0.1) is 6.10 Å². The van der Waals surface area contributed by atoms with Crippen LogP contribution in [0.2, 0.25) is 0 Å². The number of hydrogen-bond acceptors (Lipinski definition) is 2. The van der Waals surface area contributed by atoms with Crippen LogP contribution in [0.15, 0.2) is 30.3 Å². The second-order valence-corrected chi connectivity index (χ2v) is 4.96. The van der Waals surface area contributed by atoms with Gasteiger partial charge in [-0.05, 0) is 44.7 Å². The minimum Gasteiger partial charge on any atom is -0.378 e. The van der Waals surface area contributed by atoms with E-state index in [1.807, 2.05) is 0 Å². The Hall–Kier alpha value is -0.860. The summed E-state index contributed by atoms with van der Waals surface area (Å²) in [5.41, 5.74) is 1.41. The fourth-order valence-corrected chi connectivity index (χ4v) is 2.41. The molecule has 0 saturated carbocycles. The third-order valence-electron chi connectivity index (χ3n) is 3.38. The number of piperidine rings is 1. The Kier molecular flexibility index (Phi) is 5.02. The molecule has 94 valence electrons. The van der Waals surface area contributed by atoms with Crippen molar-refractivity contribution < 1.29 is 4.74 Å². The van der Waals surface area contributed by atoms with E-state index in [0.717, 1.165) is 38.8 Å². The Balaban J connectivity index is 1.60. The summed E-state index contributed by atoms with van der Waals surface area (Å²) in [4.78, 5) is 0. The van der Waals surface area contributed by atoms with E-state index < -0.39 is 0 Å². The maximum absolute atomic E-state index is 5.94. The van der Waals surface area contributed by atoms with E-state index in [1.165, 1.54) is 5.56 Å². The number of hydrogen-bond donors (Lipinski definition) is 1. The SMILES string of the molecule is CC1CC(OCCCc2ccccc2)CCN1. The first-order chi connectivity index (χ1) is 8.34. The first-order valence-electron chi connectivity index (χ1n) is 6.73. The van der Waals surface area contributed by atoms with Gasteiger partial charge in [0.25, 0.3) is 0 Å². The van der Waals surface area contributed by atoms with Crippen molar-refractivity contribution >= 4 is 0 Å². The molecule has 0 amide bonds. The van der Waals surface area contributed by atoms with Crippen molar-refractivity contribution in [1.29, 1.82) is 0 Å². The van der Waals surface area contributed by atoms with Crippen molar-refractivity contribution in [1.82, 2.24) is 5.32 Å². The van der Waals surface area contributed by atoms with E-state index in [9.17, 15) is 0 Å². The van der Waals surface area contributed by atoms with Gasteiger partial charge >= 0.3 is 0 Å². The zero-order valence-corrected chi connectivity index (χ0v) is 10.7. The zero-order valence-electron chi connectivity index (χ0n) is 10.7. The van der Waals surface area contributed by atoms with Gasteiger partial charge in [0.15, 0.2) is 0 Å². The van der Waals surface area contributed by atoms with E-state index >= 15 is 0 Å². The first-order valence-corrected chi connectivity index (χ1v) is 6.73. The molecule has 0 aliphatic carbocycles. The molecule has 0 aromatic heterocycles. The van der Waals surface area contributed by atoms with Crippen molar-refractivity contribution in [3.05, 3.63) is 35.9 Å². The number of benzene rings is 1. The van der Waals surface area contributed by atoms with Gasteiger partial charge in [0, 0.05) is 12.6 Å². The minimum absolute atomic E-state index is 0.474. The highest BCUT2D eigenvalue weighted by Crippen LogP contribution is 2.12. The van der Waals surface area contributed by atoms with Gasteiger partial charge < -0.3 is 10.1 Å². The molecule has 1 N–H and O–H groups in total. The molecule has 1 aromatic rings. The lowest BCUT2D eigenvalue weighted by Gasteiger charge is -2.28. The molecule has 17 heavy (non-hydrogen) atoms.